The second kappa shape index (κ2) is 11.3. The van der Waals surface area contributed by atoms with Gasteiger partial charge in [-0.15, -0.1) is 0 Å². The lowest BCUT2D eigenvalue weighted by Gasteiger charge is -2.29. The van der Waals surface area contributed by atoms with Crippen molar-refractivity contribution >= 4 is 13.3 Å². The molecule has 1 atom stereocenters. The van der Waals surface area contributed by atoms with E-state index in [9.17, 15) is 4.57 Å². The standard InChI is InChI=1S/C22H32NO3P/c1-4-6-17-25-27(24,26-18-7-5-2)22(20-15-13-19(3)14-16-20)23-21-11-9-8-10-12-21/h8-16,22-23H,4-7,17-18H2,1-3H3/t22-/m1/s1. The summed E-state index contributed by atoms with van der Waals surface area (Å²) in [5, 5.41) is 3.40. The largest absolute Gasteiger partial charge is 0.368 e. The Hall–Kier alpha value is -1.61. The summed E-state index contributed by atoms with van der Waals surface area (Å²) in [6.07, 6.45) is 3.67. The number of nitrogens with one attached hydrogen (secondary N) is 1. The van der Waals surface area contributed by atoms with Crippen LogP contribution < -0.4 is 5.32 Å². The third-order valence-electron chi connectivity index (χ3n) is 4.32. The molecule has 27 heavy (non-hydrogen) atoms. The number of unbranched alkanes of at least 4 members (excludes halogenated alkanes) is 2. The molecule has 0 fully saturated rings. The van der Waals surface area contributed by atoms with E-state index in [2.05, 4.69) is 19.2 Å². The van der Waals surface area contributed by atoms with Gasteiger partial charge >= 0.3 is 7.60 Å². The first-order valence-corrected chi connectivity index (χ1v) is 11.5. The van der Waals surface area contributed by atoms with Gasteiger partial charge in [0, 0.05) is 5.69 Å². The molecule has 0 amide bonds. The number of aryl methyl sites for hydroxylation is 1. The highest BCUT2D eigenvalue weighted by Crippen LogP contribution is 2.61. The first-order valence-electron chi connectivity index (χ1n) is 9.86. The van der Waals surface area contributed by atoms with Crippen molar-refractivity contribution in [3.8, 4) is 0 Å². The van der Waals surface area contributed by atoms with Gasteiger partial charge in [0.25, 0.3) is 0 Å². The molecular formula is C22H32NO3P. The van der Waals surface area contributed by atoms with Crippen LogP contribution in [0.3, 0.4) is 0 Å². The molecule has 4 nitrogen and oxygen atoms in total. The molecule has 2 rings (SSSR count). The van der Waals surface area contributed by atoms with Crippen molar-refractivity contribution in [2.45, 2.75) is 52.2 Å². The minimum atomic E-state index is -3.40. The van der Waals surface area contributed by atoms with Crippen molar-refractivity contribution in [3.63, 3.8) is 0 Å². The number of benzene rings is 2. The maximum Gasteiger partial charge on any atom is 0.357 e. The fourth-order valence-electron chi connectivity index (χ4n) is 2.64. The van der Waals surface area contributed by atoms with Crippen molar-refractivity contribution in [1.29, 1.82) is 0 Å². The lowest BCUT2D eigenvalue weighted by Crippen LogP contribution is -2.16. The molecule has 0 aliphatic heterocycles. The van der Waals surface area contributed by atoms with Gasteiger partial charge in [0.2, 0.25) is 0 Å². The van der Waals surface area contributed by atoms with Gasteiger partial charge in [0.15, 0.2) is 5.78 Å². The van der Waals surface area contributed by atoms with E-state index < -0.39 is 13.4 Å². The van der Waals surface area contributed by atoms with Crippen LogP contribution in [-0.4, -0.2) is 13.2 Å². The Kier molecular flexibility index (Phi) is 9.06. The quantitative estimate of drug-likeness (QED) is 0.316. The number of hydrogen-bond acceptors (Lipinski definition) is 4. The van der Waals surface area contributed by atoms with Gasteiger partial charge in [-0.2, -0.15) is 0 Å². The van der Waals surface area contributed by atoms with E-state index in [0.29, 0.717) is 13.2 Å². The normalized spacial score (nSPS) is 12.7. The number of rotatable bonds is 12. The van der Waals surface area contributed by atoms with Gasteiger partial charge in [-0.1, -0.05) is 74.7 Å². The van der Waals surface area contributed by atoms with Crippen LogP contribution in [-0.2, 0) is 13.6 Å². The molecule has 5 heteroatoms. The van der Waals surface area contributed by atoms with Crippen molar-refractivity contribution < 1.29 is 13.6 Å². The summed E-state index contributed by atoms with van der Waals surface area (Å²) in [5.74, 6) is -0.547. The summed E-state index contributed by atoms with van der Waals surface area (Å²) in [4.78, 5) is 0. The Bertz CT molecular complexity index is 689. The lowest BCUT2D eigenvalue weighted by molar-refractivity contribution is 0.194. The highest BCUT2D eigenvalue weighted by molar-refractivity contribution is 7.54. The Balaban J connectivity index is 2.34. The molecule has 1 N–H and O–H groups in total. The average molecular weight is 389 g/mol. The molecule has 0 aliphatic carbocycles. The summed E-state index contributed by atoms with van der Waals surface area (Å²) >= 11 is 0. The van der Waals surface area contributed by atoms with Crippen LogP contribution in [0, 0.1) is 6.92 Å². The monoisotopic (exact) mass is 389 g/mol. The van der Waals surface area contributed by atoms with Gasteiger partial charge in [0.1, 0.15) is 0 Å². The second-order valence-corrected chi connectivity index (χ2v) is 8.85. The lowest BCUT2D eigenvalue weighted by atomic mass is 10.1. The minimum absolute atomic E-state index is 0.429. The summed E-state index contributed by atoms with van der Waals surface area (Å²) in [6, 6.07) is 17.8. The number of hydrogen-bond donors (Lipinski definition) is 1. The molecule has 0 radical (unpaired) electrons. The summed E-state index contributed by atoms with van der Waals surface area (Å²) < 4.78 is 25.7. The zero-order valence-corrected chi connectivity index (χ0v) is 17.6. The predicted octanol–water partition coefficient (Wildman–Crippen LogP) is 6.93. The van der Waals surface area contributed by atoms with Crippen molar-refractivity contribution in [3.05, 3.63) is 65.7 Å². The van der Waals surface area contributed by atoms with E-state index in [1.54, 1.807) is 0 Å². The third kappa shape index (κ3) is 6.80. The zero-order chi connectivity index (χ0) is 19.5. The predicted molar refractivity (Wildman–Crippen MR) is 113 cm³/mol. The van der Waals surface area contributed by atoms with Crippen LogP contribution in [0.4, 0.5) is 5.69 Å². The Morgan fingerprint density at radius 2 is 1.44 bits per heavy atom. The van der Waals surface area contributed by atoms with Crippen molar-refractivity contribution in [2.24, 2.45) is 0 Å². The van der Waals surface area contributed by atoms with E-state index in [0.717, 1.165) is 42.5 Å². The van der Waals surface area contributed by atoms with Crippen LogP contribution in [0.25, 0.3) is 0 Å². The highest BCUT2D eigenvalue weighted by atomic mass is 31.2. The molecule has 0 aliphatic rings. The smallest absolute Gasteiger partial charge is 0.357 e. The van der Waals surface area contributed by atoms with Gasteiger partial charge in [0.05, 0.1) is 13.2 Å². The van der Waals surface area contributed by atoms with Crippen LogP contribution in [0.1, 0.15) is 56.4 Å². The van der Waals surface area contributed by atoms with Crippen molar-refractivity contribution in [1.82, 2.24) is 0 Å². The first-order chi connectivity index (χ1) is 13.1. The summed E-state index contributed by atoms with van der Waals surface area (Å²) in [6.45, 7) is 7.08. The second-order valence-electron chi connectivity index (χ2n) is 6.74. The highest BCUT2D eigenvalue weighted by Gasteiger charge is 2.37. The number of anilines is 1. The first kappa shape index (κ1) is 21.7. The minimum Gasteiger partial charge on any atom is -0.368 e. The summed E-state index contributed by atoms with van der Waals surface area (Å²) in [5.41, 5.74) is 2.95. The van der Waals surface area contributed by atoms with Gasteiger partial charge in [-0.25, -0.2) is 0 Å². The van der Waals surface area contributed by atoms with Crippen molar-refractivity contribution in [2.75, 3.05) is 18.5 Å². The fourth-order valence-corrected chi connectivity index (χ4v) is 4.63. The van der Waals surface area contributed by atoms with Crippen LogP contribution in [0.2, 0.25) is 0 Å². The molecular weight excluding hydrogens is 357 g/mol. The van der Waals surface area contributed by atoms with Gasteiger partial charge < -0.3 is 14.4 Å². The molecule has 0 aromatic heterocycles. The van der Waals surface area contributed by atoms with E-state index in [4.69, 9.17) is 9.05 Å². The maximum absolute atomic E-state index is 13.8. The SMILES string of the molecule is CCCCOP(=O)(OCCCC)[C@@H](Nc1ccccc1)c1ccc(C)cc1. The Labute approximate surface area is 163 Å². The molecule has 0 heterocycles. The third-order valence-corrected chi connectivity index (χ3v) is 6.47. The fraction of sp³-hybridized carbons (Fsp3) is 0.455. The van der Waals surface area contributed by atoms with Gasteiger partial charge in [-0.3, -0.25) is 4.57 Å². The average Bonchev–Trinajstić information content (AvgIpc) is 2.68. The molecule has 2 aromatic rings. The van der Waals surface area contributed by atoms with E-state index in [1.165, 1.54) is 0 Å². The van der Waals surface area contributed by atoms with Crippen LogP contribution in [0.5, 0.6) is 0 Å². The topological polar surface area (TPSA) is 47.6 Å². The van der Waals surface area contributed by atoms with Gasteiger partial charge in [-0.05, 0) is 37.5 Å². The Morgan fingerprint density at radius 3 is 1.96 bits per heavy atom. The maximum atomic E-state index is 13.8. The summed E-state index contributed by atoms with van der Waals surface area (Å²) in [7, 11) is -3.40. The Morgan fingerprint density at radius 1 is 0.889 bits per heavy atom. The van der Waals surface area contributed by atoms with Crippen LogP contribution >= 0.6 is 7.60 Å². The van der Waals surface area contributed by atoms with E-state index in [-0.39, 0.29) is 0 Å². The van der Waals surface area contributed by atoms with E-state index in [1.807, 2.05) is 61.5 Å². The molecule has 0 saturated carbocycles. The zero-order valence-electron chi connectivity index (χ0n) is 16.7. The van der Waals surface area contributed by atoms with Crippen LogP contribution in [0.15, 0.2) is 54.6 Å². The molecule has 148 valence electrons. The molecule has 0 bridgehead atoms. The molecule has 2 aromatic carbocycles. The molecule has 0 spiro atoms. The molecule has 0 unspecified atom stereocenters. The number of para-hydroxylation sites is 1. The molecule has 0 saturated heterocycles. The van der Waals surface area contributed by atoms with E-state index >= 15 is 0 Å².